The molecule has 1 saturated carbocycles. The number of nitrogens with zero attached hydrogens (tertiary/aromatic N) is 1. The lowest BCUT2D eigenvalue weighted by Gasteiger charge is -2.38. The topological polar surface area (TPSA) is 168 Å². The minimum Gasteiger partial charge on any atom is -0.444 e. The summed E-state index contributed by atoms with van der Waals surface area (Å²) < 4.78 is 29.2. The van der Waals surface area contributed by atoms with Gasteiger partial charge in [0.2, 0.25) is 17.6 Å². The molecule has 0 spiro atoms. The van der Waals surface area contributed by atoms with Gasteiger partial charge in [-0.15, -0.1) is 6.58 Å². The van der Waals surface area contributed by atoms with Gasteiger partial charge in [0.05, 0.1) is 16.5 Å². The Balaban J connectivity index is 2.27. The van der Waals surface area contributed by atoms with Gasteiger partial charge in [-0.3, -0.25) is 19.2 Å². The van der Waals surface area contributed by atoms with E-state index in [1.54, 1.807) is 68.4 Å². The van der Waals surface area contributed by atoms with Crippen molar-refractivity contribution >= 4 is 39.4 Å². The number of allylic oxidation sites excluding steroid dienone is 1. The molecule has 2 aliphatic rings. The molecule has 12 nitrogen and oxygen atoms in total. The lowest BCUT2D eigenvalue weighted by atomic mass is 9.85. The van der Waals surface area contributed by atoms with E-state index in [1.807, 2.05) is 13.8 Å². The van der Waals surface area contributed by atoms with Crippen LogP contribution in [0.5, 0.6) is 0 Å². The van der Waals surface area contributed by atoms with Gasteiger partial charge in [-0.1, -0.05) is 40.7 Å². The molecule has 3 N–H and O–H groups in total. The number of rotatable bonds is 12. The molecule has 45 heavy (non-hydrogen) atoms. The predicted octanol–water partition coefficient (Wildman–Crippen LogP) is 2.76. The highest BCUT2D eigenvalue weighted by molar-refractivity contribution is 7.92. The molecule has 1 saturated heterocycles. The van der Waals surface area contributed by atoms with Crippen LogP contribution in [0.15, 0.2) is 12.7 Å². The smallest absolute Gasteiger partial charge is 0.408 e. The van der Waals surface area contributed by atoms with Crippen LogP contribution in [0, 0.1) is 22.7 Å². The summed E-state index contributed by atoms with van der Waals surface area (Å²) >= 11 is 0. The SMILES string of the molecule is C=CCCC(NC(=O)[C@@H]1[C@@H]2[C@H](CN1C(=O)C(NC(=O)OC(C)(C)C)C(C)(C)C)C2(C)C)C(=O)C(=O)NCCS(=O)(=O)C(C)(C)C. The molecule has 0 aromatic heterocycles. The average molecular weight is 655 g/mol. The number of piperidine rings is 1. The van der Waals surface area contributed by atoms with Crippen LogP contribution in [0.25, 0.3) is 0 Å². The first-order valence-corrected chi connectivity index (χ1v) is 17.2. The first kappa shape index (κ1) is 38.2. The molecule has 5 atom stereocenters. The summed E-state index contributed by atoms with van der Waals surface area (Å²) in [5.74, 6) is -3.43. The Morgan fingerprint density at radius 3 is 2.07 bits per heavy atom. The normalized spacial score (nSPS) is 22.4. The zero-order valence-corrected chi connectivity index (χ0v) is 29.6. The molecule has 0 bridgehead atoms. The number of ketones is 1. The first-order chi connectivity index (χ1) is 20.3. The van der Waals surface area contributed by atoms with Gasteiger partial charge in [0, 0.05) is 13.1 Å². The maximum absolute atomic E-state index is 14.0. The lowest BCUT2D eigenvalue weighted by Crippen LogP contribution is -2.60. The molecule has 4 amide bonds. The minimum atomic E-state index is -3.53. The van der Waals surface area contributed by atoms with E-state index in [-0.39, 0.29) is 36.0 Å². The van der Waals surface area contributed by atoms with Gasteiger partial charge in [-0.25, -0.2) is 13.2 Å². The predicted molar refractivity (Wildman–Crippen MR) is 172 cm³/mol. The first-order valence-electron chi connectivity index (χ1n) is 15.5. The zero-order valence-electron chi connectivity index (χ0n) is 28.8. The van der Waals surface area contributed by atoms with E-state index in [9.17, 15) is 32.4 Å². The van der Waals surface area contributed by atoms with Crippen molar-refractivity contribution in [2.24, 2.45) is 22.7 Å². The Labute approximate surface area is 268 Å². The molecule has 0 aromatic carbocycles. The fraction of sp³-hybridized carbons (Fsp3) is 0.781. The Bertz CT molecular complexity index is 1290. The van der Waals surface area contributed by atoms with Gasteiger partial charge in [0.1, 0.15) is 17.7 Å². The third-order valence-electron chi connectivity index (χ3n) is 8.64. The van der Waals surface area contributed by atoms with Gasteiger partial charge in [-0.2, -0.15) is 0 Å². The number of fused-ring (bicyclic) bond motifs is 1. The maximum Gasteiger partial charge on any atom is 0.408 e. The second-order valence-electron chi connectivity index (χ2n) is 15.8. The molecule has 0 radical (unpaired) electrons. The van der Waals surface area contributed by atoms with E-state index in [4.69, 9.17) is 4.74 Å². The summed E-state index contributed by atoms with van der Waals surface area (Å²) in [5, 5.41) is 7.78. The summed E-state index contributed by atoms with van der Waals surface area (Å²) in [6.07, 6.45) is 1.21. The van der Waals surface area contributed by atoms with Crippen molar-refractivity contribution < 1.29 is 37.1 Å². The number of likely N-dealkylation sites (tertiary alicyclic amines) is 1. The van der Waals surface area contributed by atoms with E-state index >= 15 is 0 Å². The number of hydrogen-bond donors (Lipinski definition) is 3. The number of amides is 4. The lowest BCUT2D eigenvalue weighted by molar-refractivity contribution is -0.145. The van der Waals surface area contributed by atoms with Crippen LogP contribution in [0.3, 0.4) is 0 Å². The Hall–Kier alpha value is -2.96. The van der Waals surface area contributed by atoms with Crippen LogP contribution in [-0.2, 0) is 33.8 Å². The largest absolute Gasteiger partial charge is 0.444 e. The molecular formula is C32H54N4O8S. The van der Waals surface area contributed by atoms with Crippen LogP contribution in [0.4, 0.5) is 4.79 Å². The van der Waals surface area contributed by atoms with Crippen LogP contribution in [-0.4, -0.2) is 90.2 Å². The Morgan fingerprint density at radius 1 is 1.00 bits per heavy atom. The van der Waals surface area contributed by atoms with E-state index in [1.165, 1.54) is 4.90 Å². The van der Waals surface area contributed by atoms with Crippen LogP contribution in [0.2, 0.25) is 0 Å². The van der Waals surface area contributed by atoms with Gasteiger partial charge < -0.3 is 25.6 Å². The summed E-state index contributed by atoms with van der Waals surface area (Å²) in [6, 6.07) is -3.15. The van der Waals surface area contributed by atoms with E-state index in [0.29, 0.717) is 13.0 Å². The van der Waals surface area contributed by atoms with Crippen LogP contribution >= 0.6 is 0 Å². The fourth-order valence-corrected chi connectivity index (χ4v) is 6.70. The Kier molecular flexibility index (Phi) is 11.4. The number of ether oxygens (including phenoxy) is 1. The summed E-state index contributed by atoms with van der Waals surface area (Å²) in [5.41, 5.74) is -1.74. The van der Waals surface area contributed by atoms with Crippen molar-refractivity contribution in [3.8, 4) is 0 Å². The second-order valence-corrected chi connectivity index (χ2v) is 18.7. The van der Waals surface area contributed by atoms with Gasteiger partial charge >= 0.3 is 6.09 Å². The third-order valence-corrected chi connectivity index (χ3v) is 11.2. The van der Waals surface area contributed by atoms with Crippen molar-refractivity contribution in [2.75, 3.05) is 18.8 Å². The number of sulfone groups is 1. The number of carbonyl (C=O) groups is 5. The van der Waals surface area contributed by atoms with Gasteiger partial charge in [0.25, 0.3) is 5.91 Å². The fourth-order valence-electron chi connectivity index (χ4n) is 5.71. The number of alkyl carbamates (subject to hydrolysis) is 1. The number of carbonyl (C=O) groups excluding carboxylic acids is 5. The van der Waals surface area contributed by atoms with Crippen molar-refractivity contribution in [2.45, 2.75) is 117 Å². The third kappa shape index (κ3) is 9.29. The number of hydrogen-bond acceptors (Lipinski definition) is 8. The summed E-state index contributed by atoms with van der Waals surface area (Å²) in [7, 11) is -3.53. The van der Waals surface area contributed by atoms with Crippen LogP contribution in [0.1, 0.15) is 89.0 Å². The van der Waals surface area contributed by atoms with Crippen molar-refractivity contribution in [3.63, 3.8) is 0 Å². The molecule has 1 heterocycles. The summed E-state index contributed by atoms with van der Waals surface area (Å²) in [4.78, 5) is 68.1. The van der Waals surface area contributed by atoms with E-state index < -0.39 is 73.3 Å². The average Bonchev–Trinajstić information content (AvgIpc) is 3.19. The molecule has 2 rings (SSSR count). The quantitative estimate of drug-likeness (QED) is 0.213. The van der Waals surface area contributed by atoms with Gasteiger partial charge in [0.15, 0.2) is 9.84 Å². The van der Waals surface area contributed by atoms with E-state index in [0.717, 1.165) is 0 Å². The molecule has 1 aliphatic carbocycles. The van der Waals surface area contributed by atoms with Crippen molar-refractivity contribution in [1.29, 1.82) is 0 Å². The molecule has 13 heteroatoms. The molecule has 1 aliphatic heterocycles. The molecule has 0 aromatic rings. The summed E-state index contributed by atoms with van der Waals surface area (Å²) in [6.45, 7) is 23.0. The minimum absolute atomic E-state index is 0.0368. The standard InChI is InChI=1S/C32H54N4O8S/c1-13-14-15-20(23(37)26(39)33-16-17-45(42,43)31(8,9)10)34-25(38)22-21-19(32(21,11)12)18-36(22)27(40)24(29(2,3)4)35-28(41)44-30(5,6)7/h13,19-22,24H,1,14-18H2,2-12H3,(H,33,39)(H,34,38)(H,35,41)/t19-,20?,21-,22-,24?/m0/s1. The molecule has 2 fully saturated rings. The number of nitrogens with one attached hydrogen (secondary N) is 3. The molecule has 256 valence electrons. The Morgan fingerprint density at radius 2 is 1.58 bits per heavy atom. The number of Topliss-reactive ketones (excluding diaryl/α,β-unsaturated/α-hetero) is 1. The highest BCUT2D eigenvalue weighted by Gasteiger charge is 2.70. The van der Waals surface area contributed by atoms with Crippen molar-refractivity contribution in [3.05, 3.63) is 12.7 Å². The second kappa shape index (κ2) is 13.4. The maximum atomic E-state index is 14.0. The van der Waals surface area contributed by atoms with Crippen LogP contribution < -0.4 is 16.0 Å². The molecular weight excluding hydrogens is 600 g/mol. The zero-order chi connectivity index (χ0) is 34.9. The highest BCUT2D eigenvalue weighted by Crippen LogP contribution is 2.65. The van der Waals surface area contributed by atoms with E-state index in [2.05, 4.69) is 22.5 Å². The molecule has 2 unspecified atom stereocenters. The monoisotopic (exact) mass is 654 g/mol. The van der Waals surface area contributed by atoms with Gasteiger partial charge in [-0.05, 0) is 77.0 Å². The highest BCUT2D eigenvalue weighted by atomic mass is 32.2. The van der Waals surface area contributed by atoms with Crippen molar-refractivity contribution in [1.82, 2.24) is 20.9 Å².